The summed E-state index contributed by atoms with van der Waals surface area (Å²) in [7, 11) is 0. The van der Waals surface area contributed by atoms with Gasteiger partial charge in [0.05, 0.1) is 39.2 Å². The monoisotopic (exact) mass is 897 g/mol. The summed E-state index contributed by atoms with van der Waals surface area (Å²) in [5, 5.41) is 6.32. The zero-order valence-corrected chi connectivity index (χ0v) is 37.3. The second kappa shape index (κ2) is 14.1. The molecule has 0 unspecified atom stereocenters. The molecule has 0 radical (unpaired) electrons. The largest absolute Gasteiger partial charge is 0.468 e. The molecule has 16 rings (SSSR count). The van der Waals surface area contributed by atoms with Crippen LogP contribution in [0.4, 0.5) is 34.5 Å². The molecule has 0 saturated heterocycles. The molecule has 8 heteroatoms. The van der Waals surface area contributed by atoms with Gasteiger partial charge in [0, 0.05) is 43.7 Å². The Bertz CT molecular complexity index is 4180. The van der Waals surface area contributed by atoms with Crippen molar-refractivity contribution in [2.75, 3.05) is 9.80 Å². The Balaban J connectivity index is 1.12. The summed E-state index contributed by atoms with van der Waals surface area (Å²) in [5.74, 6) is 1.38. The minimum Gasteiger partial charge on any atom is -0.468 e. The average Bonchev–Trinajstić information content (AvgIpc) is 4.25. The maximum atomic E-state index is 7.29. The van der Waals surface area contributed by atoms with Crippen LogP contribution in [0.2, 0.25) is 0 Å². The number of anilines is 6. The lowest BCUT2D eigenvalue weighted by Crippen LogP contribution is -2.60. The van der Waals surface area contributed by atoms with Crippen LogP contribution in [0, 0.1) is 0 Å². The highest BCUT2D eigenvalue weighted by molar-refractivity contribution is 6.99. The van der Waals surface area contributed by atoms with Crippen molar-refractivity contribution < 1.29 is 17.7 Å². The summed E-state index contributed by atoms with van der Waals surface area (Å²) >= 11 is 0. The van der Waals surface area contributed by atoms with E-state index < -0.39 is 6.71 Å². The van der Waals surface area contributed by atoms with Crippen molar-refractivity contribution in [3.63, 3.8) is 0 Å². The molecule has 0 fully saturated rings. The first kappa shape index (κ1) is 37.7. The van der Waals surface area contributed by atoms with Gasteiger partial charge in [-0.15, -0.1) is 0 Å². The highest BCUT2D eigenvalue weighted by atomic mass is 16.4. The predicted molar refractivity (Wildman–Crippen MR) is 285 cm³/mol. The van der Waals surface area contributed by atoms with Crippen molar-refractivity contribution in [1.29, 1.82) is 0 Å². The van der Waals surface area contributed by atoms with Crippen molar-refractivity contribution in [2.24, 2.45) is 0 Å². The molecule has 0 saturated carbocycles. The fourth-order valence-corrected chi connectivity index (χ4v) is 11.7. The molecular formula is C62H36BN3O4. The average molecular weight is 898 g/mol. The van der Waals surface area contributed by atoms with E-state index in [0.717, 1.165) is 122 Å². The SMILES string of the molecule is c1ccc(-c2c(N3c4cc(-n5c6ccccc6c6ccccc65)cc5c4B(c4oc6ccccc6c43)c3oc4ccccc4c3N5c3oc4ccccc4c3-c3ccccc3)oc3ccccc23)cc1. The van der Waals surface area contributed by atoms with E-state index in [2.05, 4.69) is 208 Å². The number of nitrogens with zero attached hydrogens (tertiary/aromatic N) is 3. The number of hydrogen-bond acceptors (Lipinski definition) is 6. The van der Waals surface area contributed by atoms with Gasteiger partial charge in [-0.25, -0.2) is 0 Å². The molecule has 2 aliphatic heterocycles. The lowest BCUT2D eigenvalue weighted by atomic mass is 9.37. The fourth-order valence-electron chi connectivity index (χ4n) is 11.7. The van der Waals surface area contributed by atoms with Crippen molar-refractivity contribution in [3.8, 4) is 27.9 Å². The molecule has 70 heavy (non-hydrogen) atoms. The minimum atomic E-state index is -0.469. The Morgan fingerprint density at radius 3 is 1.13 bits per heavy atom. The number of furan rings is 4. The van der Waals surface area contributed by atoms with Gasteiger partial charge in [0.1, 0.15) is 33.7 Å². The summed E-state index contributed by atoms with van der Waals surface area (Å²) in [4.78, 5) is 4.66. The van der Waals surface area contributed by atoms with E-state index in [1.807, 2.05) is 24.3 Å². The van der Waals surface area contributed by atoms with Crippen molar-refractivity contribution in [2.45, 2.75) is 0 Å². The van der Waals surface area contributed by atoms with Crippen molar-refractivity contribution >= 4 is 124 Å². The summed E-state index contributed by atoms with van der Waals surface area (Å²) in [6.45, 7) is -0.469. The van der Waals surface area contributed by atoms with Gasteiger partial charge in [-0.2, -0.15) is 0 Å². The molecule has 0 aliphatic carbocycles. The molecular weight excluding hydrogens is 862 g/mol. The molecule has 9 aromatic carbocycles. The topological polar surface area (TPSA) is 64.0 Å². The second-order valence-electron chi connectivity index (χ2n) is 18.3. The van der Waals surface area contributed by atoms with Gasteiger partial charge >= 0.3 is 6.71 Å². The van der Waals surface area contributed by atoms with Crippen LogP contribution >= 0.6 is 0 Å². The molecule has 7 heterocycles. The predicted octanol–water partition coefficient (Wildman–Crippen LogP) is 15.2. The number of hydrogen-bond donors (Lipinski definition) is 0. The van der Waals surface area contributed by atoms with Crippen LogP contribution in [0.5, 0.6) is 0 Å². The summed E-state index contributed by atoms with van der Waals surface area (Å²) < 4.78 is 31.5. The van der Waals surface area contributed by atoms with Gasteiger partial charge < -0.3 is 22.2 Å². The standard InChI is InChI=1S/C62H36BN3O4/c1-3-19-37(20-4-1)54-42-25-9-15-31-50(42)69-61(54)65-48-35-39(64-46-29-13-7-23-40(46)41-24-8-14-30-47(41)64)36-49-56(48)63(59-57(65)44-27-11-17-33-52(44)67-59)60-58(45-28-12-18-34-53(45)68-60)66(49)62-55(38-21-5-2-6-22-38)43-26-10-16-32-51(43)70-62/h1-36H. The smallest absolute Gasteiger partial charge is 0.342 e. The molecule has 7 nitrogen and oxygen atoms in total. The van der Waals surface area contributed by atoms with Gasteiger partial charge in [-0.3, -0.25) is 9.80 Å². The Morgan fingerprint density at radius 1 is 0.329 bits per heavy atom. The molecule has 0 spiro atoms. The number of benzene rings is 9. The second-order valence-corrected chi connectivity index (χ2v) is 18.3. The third-order valence-corrected chi connectivity index (χ3v) is 14.6. The van der Waals surface area contributed by atoms with Crippen molar-refractivity contribution in [1.82, 2.24) is 4.57 Å². The van der Waals surface area contributed by atoms with Crippen molar-refractivity contribution in [3.05, 3.63) is 218 Å². The number of fused-ring (bicyclic) bond motifs is 13. The molecule has 0 bridgehead atoms. The molecule has 2 aliphatic rings. The van der Waals surface area contributed by atoms with E-state index in [1.54, 1.807) is 0 Å². The normalized spacial score (nSPS) is 13.1. The van der Waals surface area contributed by atoms with Crippen LogP contribution in [0.1, 0.15) is 0 Å². The quantitative estimate of drug-likeness (QED) is 0.160. The minimum absolute atomic E-state index is 0.469. The lowest BCUT2D eigenvalue weighted by molar-refractivity contribution is 0.615. The van der Waals surface area contributed by atoms with Gasteiger partial charge in [-0.05, 0) is 77.3 Å². The van der Waals surface area contributed by atoms with Gasteiger partial charge in [0.15, 0.2) is 0 Å². The van der Waals surface area contributed by atoms with Gasteiger partial charge in [0.2, 0.25) is 11.8 Å². The van der Waals surface area contributed by atoms with E-state index in [-0.39, 0.29) is 0 Å². The Kier molecular flexibility index (Phi) is 7.57. The summed E-state index contributed by atoms with van der Waals surface area (Å²) in [5.41, 5.74) is 16.6. The van der Waals surface area contributed by atoms with Crippen LogP contribution in [-0.2, 0) is 0 Å². The molecule has 0 N–H and O–H groups in total. The first-order valence-electron chi connectivity index (χ1n) is 23.7. The number of rotatable bonds is 5. The fraction of sp³-hybridized carbons (Fsp3) is 0. The zero-order chi connectivity index (χ0) is 45.6. The molecule has 0 atom stereocenters. The van der Waals surface area contributed by atoms with Crippen LogP contribution in [0.25, 0.3) is 93.6 Å². The van der Waals surface area contributed by atoms with Crippen LogP contribution in [0.3, 0.4) is 0 Å². The van der Waals surface area contributed by atoms with E-state index in [1.165, 1.54) is 10.8 Å². The first-order valence-corrected chi connectivity index (χ1v) is 23.7. The third-order valence-electron chi connectivity index (χ3n) is 14.6. The van der Waals surface area contributed by atoms with E-state index in [0.29, 0.717) is 11.8 Å². The maximum Gasteiger partial charge on any atom is 0.342 e. The van der Waals surface area contributed by atoms with E-state index in [9.17, 15) is 0 Å². The van der Waals surface area contributed by atoms with E-state index >= 15 is 0 Å². The van der Waals surface area contributed by atoms with Gasteiger partial charge in [0.25, 0.3) is 0 Å². The molecule has 0 amide bonds. The highest BCUT2D eigenvalue weighted by Crippen LogP contribution is 2.55. The molecule has 14 aromatic rings. The highest BCUT2D eigenvalue weighted by Gasteiger charge is 2.52. The van der Waals surface area contributed by atoms with E-state index in [4.69, 9.17) is 17.7 Å². The van der Waals surface area contributed by atoms with Crippen LogP contribution < -0.4 is 26.6 Å². The zero-order valence-electron chi connectivity index (χ0n) is 37.3. The Hall–Kier alpha value is -9.40. The molecule has 5 aromatic heterocycles. The maximum absolute atomic E-state index is 7.29. The third kappa shape index (κ3) is 5.03. The van der Waals surface area contributed by atoms with Gasteiger partial charge in [-0.1, -0.05) is 158 Å². The first-order chi connectivity index (χ1) is 34.8. The number of aromatic nitrogens is 1. The Morgan fingerprint density at radius 2 is 0.686 bits per heavy atom. The number of para-hydroxylation sites is 6. The molecule has 326 valence electrons. The van der Waals surface area contributed by atoms with Crippen LogP contribution in [0.15, 0.2) is 236 Å². The summed E-state index contributed by atoms with van der Waals surface area (Å²) in [6, 6.07) is 76.6. The summed E-state index contributed by atoms with van der Waals surface area (Å²) in [6.07, 6.45) is 0. The lowest BCUT2D eigenvalue weighted by Gasteiger charge is -2.40. The van der Waals surface area contributed by atoms with Crippen LogP contribution in [-0.4, -0.2) is 11.3 Å². The Labute approximate surface area is 400 Å².